The first kappa shape index (κ1) is 19.0. The molecule has 6 heteroatoms. The Morgan fingerprint density at radius 3 is 2.53 bits per heavy atom. The van der Waals surface area contributed by atoms with Gasteiger partial charge >= 0.3 is 0 Å². The summed E-state index contributed by atoms with van der Waals surface area (Å²) in [7, 11) is 0. The summed E-state index contributed by atoms with van der Waals surface area (Å²) in [4.78, 5) is 23.5. The molecule has 1 spiro atoms. The van der Waals surface area contributed by atoms with Gasteiger partial charge < -0.3 is 9.80 Å². The molecular formula is C26H25N5O. The molecule has 4 heterocycles. The zero-order chi connectivity index (χ0) is 21.7. The van der Waals surface area contributed by atoms with Gasteiger partial charge in [0.1, 0.15) is 11.2 Å². The molecule has 0 unspecified atom stereocenters. The molecule has 3 aliphatic rings. The summed E-state index contributed by atoms with van der Waals surface area (Å²) < 4.78 is 0. The Morgan fingerprint density at radius 2 is 1.72 bits per heavy atom. The van der Waals surface area contributed by atoms with E-state index in [4.69, 9.17) is 5.10 Å². The van der Waals surface area contributed by atoms with E-state index in [1.807, 2.05) is 61.7 Å². The summed E-state index contributed by atoms with van der Waals surface area (Å²) >= 11 is 0. The number of hydrogen-bond acceptors (Lipinski definition) is 5. The number of piperazine rings is 1. The molecule has 160 valence electrons. The molecule has 6 rings (SSSR count). The van der Waals surface area contributed by atoms with Crippen molar-refractivity contribution < 1.29 is 4.79 Å². The Hall–Kier alpha value is -3.67. The van der Waals surface area contributed by atoms with Crippen molar-refractivity contribution in [3.63, 3.8) is 0 Å². The lowest BCUT2D eigenvalue weighted by atomic mass is 9.67. The number of carbonyl (C=O) groups is 1. The highest BCUT2D eigenvalue weighted by atomic mass is 16.2. The van der Waals surface area contributed by atoms with Gasteiger partial charge in [-0.1, -0.05) is 42.5 Å². The number of pyridine rings is 1. The highest BCUT2D eigenvalue weighted by Gasteiger charge is 2.59. The maximum atomic E-state index is 14.2. The van der Waals surface area contributed by atoms with Gasteiger partial charge in [0.15, 0.2) is 0 Å². The van der Waals surface area contributed by atoms with Crippen LogP contribution in [-0.2, 0) is 11.2 Å². The Labute approximate surface area is 187 Å². The lowest BCUT2D eigenvalue weighted by Gasteiger charge is -2.53. The minimum Gasteiger partial charge on any atom is -0.363 e. The fourth-order valence-corrected chi connectivity index (χ4v) is 5.56. The van der Waals surface area contributed by atoms with Crippen LogP contribution < -0.4 is 14.8 Å². The van der Waals surface area contributed by atoms with E-state index in [1.54, 1.807) is 5.01 Å². The molecular weight excluding hydrogens is 398 g/mol. The van der Waals surface area contributed by atoms with E-state index < -0.39 is 5.41 Å². The molecule has 0 saturated carbocycles. The second-order valence-corrected chi connectivity index (χ2v) is 8.76. The fourth-order valence-electron chi connectivity index (χ4n) is 5.56. The van der Waals surface area contributed by atoms with Crippen LogP contribution >= 0.6 is 0 Å². The number of carbonyl (C=O) groups excluding carboxylic acids is 1. The molecule has 1 amide bonds. The average Bonchev–Trinajstić information content (AvgIpc) is 3.10. The maximum absolute atomic E-state index is 14.2. The molecule has 0 N–H and O–H groups in total. The highest BCUT2D eigenvalue weighted by molar-refractivity contribution is 6.20. The third kappa shape index (κ3) is 2.68. The minimum absolute atomic E-state index is 0.0156. The summed E-state index contributed by atoms with van der Waals surface area (Å²) in [5.74, 6) is 1.02. The van der Waals surface area contributed by atoms with Crippen LogP contribution in [-0.4, -0.2) is 42.3 Å². The van der Waals surface area contributed by atoms with Crippen molar-refractivity contribution in [3.05, 3.63) is 84.6 Å². The molecule has 0 bridgehead atoms. The van der Waals surface area contributed by atoms with Crippen LogP contribution in [0.1, 0.15) is 12.5 Å². The van der Waals surface area contributed by atoms with Crippen LogP contribution in [0.15, 0.2) is 84.1 Å². The highest BCUT2D eigenvalue weighted by Crippen LogP contribution is 2.48. The van der Waals surface area contributed by atoms with Gasteiger partial charge in [-0.2, -0.15) is 10.1 Å². The number of hydrazone groups is 1. The van der Waals surface area contributed by atoms with Gasteiger partial charge in [-0.25, -0.2) is 4.98 Å². The number of hydrogen-bond donors (Lipinski definition) is 0. The molecule has 3 aromatic rings. The first-order valence-corrected chi connectivity index (χ1v) is 11.1. The van der Waals surface area contributed by atoms with Crippen LogP contribution in [0.3, 0.4) is 0 Å². The predicted octanol–water partition coefficient (Wildman–Crippen LogP) is 3.74. The molecule has 1 aromatic heterocycles. The van der Waals surface area contributed by atoms with Gasteiger partial charge in [-0.05, 0) is 49.2 Å². The van der Waals surface area contributed by atoms with E-state index in [-0.39, 0.29) is 11.9 Å². The Balaban J connectivity index is 1.46. The minimum atomic E-state index is -0.697. The van der Waals surface area contributed by atoms with Crippen molar-refractivity contribution in [2.45, 2.75) is 19.4 Å². The number of benzene rings is 2. The first-order chi connectivity index (χ1) is 15.7. The Kier molecular flexibility index (Phi) is 4.28. The fraction of sp³-hybridized carbons (Fsp3) is 0.269. The lowest BCUT2D eigenvalue weighted by Crippen LogP contribution is -2.67. The van der Waals surface area contributed by atoms with Gasteiger partial charge in [0.05, 0.1) is 17.4 Å². The van der Waals surface area contributed by atoms with Crippen LogP contribution in [0, 0.1) is 5.41 Å². The maximum Gasteiger partial charge on any atom is 0.261 e. The van der Waals surface area contributed by atoms with Crippen molar-refractivity contribution in [3.8, 4) is 0 Å². The normalized spacial score (nSPS) is 24.4. The van der Waals surface area contributed by atoms with Crippen LogP contribution in [0.5, 0.6) is 0 Å². The molecule has 0 radical (unpaired) electrons. The van der Waals surface area contributed by atoms with Crippen LogP contribution in [0.25, 0.3) is 0 Å². The zero-order valence-corrected chi connectivity index (χ0v) is 18.1. The van der Waals surface area contributed by atoms with E-state index in [0.717, 1.165) is 36.9 Å². The van der Waals surface area contributed by atoms with Crippen molar-refractivity contribution >= 4 is 28.8 Å². The van der Waals surface area contributed by atoms with Gasteiger partial charge in [0.2, 0.25) is 0 Å². The molecule has 6 nitrogen and oxygen atoms in total. The lowest BCUT2D eigenvalue weighted by molar-refractivity contribution is -0.125. The zero-order valence-electron chi connectivity index (χ0n) is 18.1. The number of para-hydroxylation sites is 2. The SMILES string of the molecule is CC1=NN(c2ccccc2)C(=O)[C@]12Cc1ccccc1N1CCN(c3ccccn3)C[C@H]12. The molecule has 2 atom stereocenters. The van der Waals surface area contributed by atoms with Crippen molar-refractivity contribution in [1.82, 2.24) is 4.98 Å². The number of aromatic nitrogens is 1. The van der Waals surface area contributed by atoms with Crippen LogP contribution in [0.2, 0.25) is 0 Å². The number of anilines is 3. The average molecular weight is 424 g/mol. The molecule has 2 aromatic carbocycles. The number of nitrogens with zero attached hydrogens (tertiary/aromatic N) is 5. The molecule has 1 saturated heterocycles. The van der Waals surface area contributed by atoms with Crippen molar-refractivity contribution in [2.75, 3.05) is 34.4 Å². The van der Waals surface area contributed by atoms with E-state index in [9.17, 15) is 4.79 Å². The Morgan fingerprint density at radius 1 is 0.938 bits per heavy atom. The van der Waals surface area contributed by atoms with E-state index >= 15 is 0 Å². The standard InChI is InChI=1S/C26H25N5O/c1-19-26(25(32)31(28-19)21-10-3-2-4-11-21)17-20-9-5-6-12-22(20)30-16-15-29(18-23(26)30)24-13-7-8-14-27-24/h2-14,23H,15-18H2,1H3/t23-,26+/m0/s1. The largest absolute Gasteiger partial charge is 0.363 e. The third-order valence-corrected chi connectivity index (χ3v) is 7.16. The summed E-state index contributed by atoms with van der Waals surface area (Å²) in [5, 5.41) is 6.43. The second-order valence-electron chi connectivity index (χ2n) is 8.76. The molecule has 32 heavy (non-hydrogen) atoms. The van der Waals surface area contributed by atoms with Gasteiger partial charge in [-0.15, -0.1) is 0 Å². The van der Waals surface area contributed by atoms with Crippen molar-refractivity contribution in [1.29, 1.82) is 0 Å². The summed E-state index contributed by atoms with van der Waals surface area (Å²) in [5.41, 5.74) is 3.46. The smallest absolute Gasteiger partial charge is 0.261 e. The van der Waals surface area contributed by atoms with E-state index in [2.05, 4.69) is 39.0 Å². The number of fused-ring (bicyclic) bond motifs is 4. The summed E-state index contributed by atoms with van der Waals surface area (Å²) in [6.45, 7) is 4.45. The van der Waals surface area contributed by atoms with Gasteiger partial charge in [0, 0.05) is 31.5 Å². The van der Waals surface area contributed by atoms with E-state index in [0.29, 0.717) is 6.42 Å². The third-order valence-electron chi connectivity index (χ3n) is 7.16. The molecule has 3 aliphatic heterocycles. The monoisotopic (exact) mass is 423 g/mol. The molecule has 1 fully saturated rings. The second kappa shape index (κ2) is 7.19. The Bertz CT molecular complexity index is 1200. The van der Waals surface area contributed by atoms with Gasteiger partial charge in [0.25, 0.3) is 5.91 Å². The quantitative estimate of drug-likeness (QED) is 0.630. The topological polar surface area (TPSA) is 52.0 Å². The van der Waals surface area contributed by atoms with E-state index in [1.165, 1.54) is 11.3 Å². The predicted molar refractivity (Wildman–Crippen MR) is 127 cm³/mol. The summed E-state index contributed by atoms with van der Waals surface area (Å²) in [6.07, 6.45) is 2.50. The summed E-state index contributed by atoms with van der Waals surface area (Å²) in [6, 6.07) is 24.2. The number of rotatable bonds is 2. The molecule has 0 aliphatic carbocycles. The van der Waals surface area contributed by atoms with Crippen molar-refractivity contribution in [2.24, 2.45) is 10.5 Å². The number of amides is 1. The first-order valence-electron chi connectivity index (χ1n) is 11.1. The van der Waals surface area contributed by atoms with Gasteiger partial charge in [-0.3, -0.25) is 4.79 Å². The van der Waals surface area contributed by atoms with Crippen LogP contribution in [0.4, 0.5) is 17.2 Å².